The van der Waals surface area contributed by atoms with Gasteiger partial charge in [-0.05, 0) is 57.0 Å². The number of hydrogen-bond acceptors (Lipinski definition) is 8. The zero-order valence-corrected chi connectivity index (χ0v) is 18.1. The highest BCUT2D eigenvalue weighted by molar-refractivity contribution is 7.15. The summed E-state index contributed by atoms with van der Waals surface area (Å²) in [5, 5.41) is 18.9. The van der Waals surface area contributed by atoms with Gasteiger partial charge in [-0.15, -0.1) is 11.3 Å². The van der Waals surface area contributed by atoms with Gasteiger partial charge in [0.1, 0.15) is 0 Å². The highest BCUT2D eigenvalue weighted by Crippen LogP contribution is 2.39. The van der Waals surface area contributed by atoms with Gasteiger partial charge in [0, 0.05) is 28.1 Å². The van der Waals surface area contributed by atoms with E-state index < -0.39 is 4.92 Å². The zero-order chi connectivity index (χ0) is 21.7. The molecule has 0 bridgehead atoms. The Kier molecular flexibility index (Phi) is 4.62. The van der Waals surface area contributed by atoms with Crippen LogP contribution in [-0.4, -0.2) is 28.5 Å². The van der Waals surface area contributed by atoms with E-state index in [1.807, 2.05) is 31.0 Å². The first-order valence-electron chi connectivity index (χ1n) is 9.90. The van der Waals surface area contributed by atoms with Crippen molar-refractivity contribution >= 4 is 27.9 Å². The van der Waals surface area contributed by atoms with Crippen molar-refractivity contribution in [2.24, 2.45) is 5.10 Å². The third-order valence-corrected chi connectivity index (χ3v) is 6.62. The maximum Gasteiger partial charge on any atom is 0.269 e. The molecule has 3 aromatic rings. The van der Waals surface area contributed by atoms with E-state index in [0.29, 0.717) is 5.75 Å². The summed E-state index contributed by atoms with van der Waals surface area (Å²) in [5.74, 6) is 1.40. The lowest BCUT2D eigenvalue weighted by atomic mass is 9.94. The fraction of sp³-hybridized carbons (Fsp3) is 0.273. The molecule has 2 aromatic carbocycles. The second-order valence-electron chi connectivity index (χ2n) is 7.65. The van der Waals surface area contributed by atoms with Gasteiger partial charge in [0.05, 0.1) is 22.4 Å². The maximum atomic E-state index is 11.1. The highest BCUT2D eigenvalue weighted by atomic mass is 32.1. The van der Waals surface area contributed by atoms with Crippen molar-refractivity contribution in [2.75, 3.05) is 11.8 Å². The molecule has 2 aliphatic heterocycles. The fourth-order valence-corrected chi connectivity index (χ4v) is 4.74. The number of ether oxygens (including phenoxy) is 2. The summed E-state index contributed by atoms with van der Waals surface area (Å²) in [6.45, 7) is 6.35. The van der Waals surface area contributed by atoms with Crippen LogP contribution in [0.2, 0.25) is 0 Å². The summed E-state index contributed by atoms with van der Waals surface area (Å²) in [6, 6.07) is 10.5. The monoisotopic (exact) mass is 436 g/mol. The first-order chi connectivity index (χ1) is 14.9. The number of aryl methyl sites for hydroxylation is 2. The standard InChI is InChI=1S/C22H20N4O4S/c1-12-8-16-9-19-20(30-11-29-19)10-18(16)21(15-4-6-17(7-5-15)26(27)28)24-25(12)22-23-13(2)14(3)31-22/h4-7,9-10,12H,8,11H2,1-3H3. The fourth-order valence-electron chi connectivity index (χ4n) is 3.78. The lowest BCUT2D eigenvalue weighted by molar-refractivity contribution is -0.384. The molecule has 1 aromatic heterocycles. The van der Waals surface area contributed by atoms with Crippen molar-refractivity contribution in [3.05, 3.63) is 73.8 Å². The van der Waals surface area contributed by atoms with Gasteiger partial charge in [0.25, 0.3) is 5.69 Å². The van der Waals surface area contributed by atoms with Crippen LogP contribution in [0.25, 0.3) is 0 Å². The van der Waals surface area contributed by atoms with Crippen LogP contribution in [0.1, 0.15) is 34.2 Å². The molecule has 3 heterocycles. The number of benzene rings is 2. The van der Waals surface area contributed by atoms with Crippen LogP contribution < -0.4 is 14.5 Å². The topological polar surface area (TPSA) is 90.1 Å². The van der Waals surface area contributed by atoms with Gasteiger partial charge < -0.3 is 9.47 Å². The van der Waals surface area contributed by atoms with Gasteiger partial charge in [0.2, 0.25) is 11.9 Å². The van der Waals surface area contributed by atoms with E-state index in [9.17, 15) is 10.1 Å². The molecule has 31 heavy (non-hydrogen) atoms. The highest BCUT2D eigenvalue weighted by Gasteiger charge is 2.29. The normalized spacial score (nSPS) is 17.2. The Hall–Kier alpha value is -3.46. The van der Waals surface area contributed by atoms with Gasteiger partial charge in [-0.2, -0.15) is 5.10 Å². The Morgan fingerprint density at radius 1 is 1.16 bits per heavy atom. The summed E-state index contributed by atoms with van der Waals surface area (Å²) in [7, 11) is 0. The lowest BCUT2D eigenvalue weighted by Crippen LogP contribution is -2.29. The third-order valence-electron chi connectivity index (χ3n) is 5.56. The molecule has 8 nitrogen and oxygen atoms in total. The molecule has 0 N–H and O–H groups in total. The van der Waals surface area contributed by atoms with E-state index in [1.165, 1.54) is 12.1 Å². The van der Waals surface area contributed by atoms with Crippen LogP contribution in [0.3, 0.4) is 0 Å². The van der Waals surface area contributed by atoms with Gasteiger partial charge in [0.15, 0.2) is 11.5 Å². The number of fused-ring (bicyclic) bond motifs is 2. The average molecular weight is 436 g/mol. The summed E-state index contributed by atoms with van der Waals surface area (Å²) >= 11 is 1.61. The Labute approximate surface area is 182 Å². The van der Waals surface area contributed by atoms with Crippen molar-refractivity contribution < 1.29 is 14.4 Å². The largest absolute Gasteiger partial charge is 0.454 e. The van der Waals surface area contributed by atoms with E-state index >= 15 is 0 Å². The maximum absolute atomic E-state index is 11.1. The van der Waals surface area contributed by atoms with E-state index in [-0.39, 0.29) is 18.5 Å². The molecule has 1 unspecified atom stereocenters. The Balaban J connectivity index is 1.69. The molecule has 2 aliphatic rings. The predicted octanol–water partition coefficient (Wildman–Crippen LogP) is 4.60. The van der Waals surface area contributed by atoms with Gasteiger partial charge in [-0.25, -0.2) is 9.99 Å². The number of nitro groups is 1. The molecule has 158 valence electrons. The van der Waals surface area contributed by atoms with Crippen LogP contribution in [0.4, 0.5) is 10.8 Å². The number of aromatic nitrogens is 1. The van der Waals surface area contributed by atoms with Crippen molar-refractivity contribution in [1.29, 1.82) is 0 Å². The van der Waals surface area contributed by atoms with Crippen molar-refractivity contribution in [1.82, 2.24) is 4.98 Å². The lowest BCUT2D eigenvalue weighted by Gasteiger charge is -2.22. The first kappa shape index (κ1) is 19.5. The number of anilines is 1. The predicted molar refractivity (Wildman–Crippen MR) is 119 cm³/mol. The number of nitro benzene ring substituents is 1. The molecule has 0 saturated carbocycles. The average Bonchev–Trinajstić information content (AvgIpc) is 3.30. The van der Waals surface area contributed by atoms with Crippen LogP contribution in [0.5, 0.6) is 11.5 Å². The minimum Gasteiger partial charge on any atom is -0.454 e. The first-order valence-corrected chi connectivity index (χ1v) is 10.7. The molecule has 5 rings (SSSR count). The van der Waals surface area contributed by atoms with E-state index in [0.717, 1.165) is 50.3 Å². The van der Waals surface area contributed by atoms with E-state index in [4.69, 9.17) is 19.6 Å². The van der Waals surface area contributed by atoms with Gasteiger partial charge in [-0.3, -0.25) is 10.1 Å². The molecule has 0 fully saturated rings. The van der Waals surface area contributed by atoms with Crippen LogP contribution in [-0.2, 0) is 6.42 Å². The number of non-ortho nitro benzene ring substituents is 1. The number of nitrogens with zero attached hydrogens (tertiary/aromatic N) is 4. The summed E-state index contributed by atoms with van der Waals surface area (Å²) in [5.41, 5.74) is 4.55. The molecular weight excluding hydrogens is 416 g/mol. The Bertz CT molecular complexity index is 1200. The van der Waals surface area contributed by atoms with Crippen molar-refractivity contribution in [2.45, 2.75) is 33.2 Å². The van der Waals surface area contributed by atoms with Crippen molar-refractivity contribution in [3.63, 3.8) is 0 Å². The van der Waals surface area contributed by atoms with Gasteiger partial charge in [-0.1, -0.05) is 0 Å². The minimum atomic E-state index is -0.403. The molecule has 0 radical (unpaired) electrons. The SMILES string of the molecule is Cc1nc(N2N=C(c3ccc([N+](=O)[O-])cc3)c3cc4c(cc3CC2C)OCO4)sc1C. The summed E-state index contributed by atoms with van der Waals surface area (Å²) in [6.07, 6.45) is 0.740. The molecule has 0 aliphatic carbocycles. The molecule has 0 amide bonds. The van der Waals surface area contributed by atoms with E-state index in [1.54, 1.807) is 23.5 Å². The van der Waals surface area contributed by atoms with Crippen LogP contribution >= 0.6 is 11.3 Å². The number of rotatable bonds is 3. The second kappa shape index (κ2) is 7.35. The molecule has 1 atom stereocenters. The summed E-state index contributed by atoms with van der Waals surface area (Å²) in [4.78, 5) is 16.6. The second-order valence-corrected chi connectivity index (χ2v) is 8.83. The molecule has 0 saturated heterocycles. The van der Waals surface area contributed by atoms with Crippen LogP contribution in [0, 0.1) is 24.0 Å². The molecule has 0 spiro atoms. The molecule has 9 heteroatoms. The summed E-state index contributed by atoms with van der Waals surface area (Å²) < 4.78 is 11.2. The zero-order valence-electron chi connectivity index (χ0n) is 17.3. The number of hydrazone groups is 1. The van der Waals surface area contributed by atoms with E-state index in [2.05, 4.69) is 6.92 Å². The number of thiazole rings is 1. The smallest absolute Gasteiger partial charge is 0.269 e. The number of hydrogen-bond donors (Lipinski definition) is 0. The molecular formula is C22H20N4O4S. The quantitative estimate of drug-likeness (QED) is 0.440. The Morgan fingerprint density at radius 3 is 2.52 bits per heavy atom. The third kappa shape index (κ3) is 3.40. The van der Waals surface area contributed by atoms with Crippen LogP contribution in [0.15, 0.2) is 41.5 Å². The Morgan fingerprint density at radius 2 is 1.87 bits per heavy atom. The minimum absolute atomic E-state index is 0.0419. The van der Waals surface area contributed by atoms with Crippen molar-refractivity contribution in [3.8, 4) is 11.5 Å². The van der Waals surface area contributed by atoms with Gasteiger partial charge >= 0.3 is 0 Å².